The minimum Gasteiger partial charge on any atom is -0.463 e. The molecule has 0 aromatic carbocycles. The number of hydrogen-bond acceptors (Lipinski definition) is 3. The summed E-state index contributed by atoms with van der Waals surface area (Å²) in [6, 6.07) is 0. The molecule has 0 N–H and O–H groups in total. The summed E-state index contributed by atoms with van der Waals surface area (Å²) >= 11 is 4.87. The number of halogens is 1. The third-order valence-electron chi connectivity index (χ3n) is 0.959. The molecule has 3 nitrogen and oxygen atoms in total. The van der Waals surface area contributed by atoms with Crippen LogP contribution in [0.25, 0.3) is 0 Å². The lowest BCUT2D eigenvalue weighted by atomic mass is 10.4. The van der Waals surface area contributed by atoms with Gasteiger partial charge in [-0.25, -0.2) is 4.79 Å². The van der Waals surface area contributed by atoms with E-state index in [1.54, 1.807) is 20.8 Å². The second kappa shape index (κ2) is 8.51. The standard InChI is InChI=1S/C6H10O2.C4H5ClO/c1-4-8-6(7)5(2)3;1-3(2)4(5)6/h2,4H2,1,3H3;1H2,2H3. The van der Waals surface area contributed by atoms with Crippen LogP contribution in [0.15, 0.2) is 24.3 Å². The molecule has 0 atom stereocenters. The Morgan fingerprint density at radius 2 is 1.57 bits per heavy atom. The third kappa shape index (κ3) is 10.9. The third-order valence-corrected chi connectivity index (χ3v) is 1.28. The van der Waals surface area contributed by atoms with Crippen molar-refractivity contribution in [1.82, 2.24) is 0 Å². The topological polar surface area (TPSA) is 43.4 Å². The van der Waals surface area contributed by atoms with Crippen LogP contribution in [-0.2, 0) is 14.3 Å². The van der Waals surface area contributed by atoms with Crippen molar-refractivity contribution in [3.63, 3.8) is 0 Å². The maximum absolute atomic E-state index is 10.4. The predicted octanol–water partition coefficient (Wildman–Crippen LogP) is 2.45. The van der Waals surface area contributed by atoms with Crippen LogP contribution in [0.2, 0.25) is 0 Å². The van der Waals surface area contributed by atoms with E-state index in [1.807, 2.05) is 0 Å². The summed E-state index contributed by atoms with van der Waals surface area (Å²) in [6.45, 7) is 12.0. The molecular formula is C10H15ClO3. The quantitative estimate of drug-likeness (QED) is 0.415. The highest BCUT2D eigenvalue weighted by Crippen LogP contribution is 1.91. The normalized spacial score (nSPS) is 8.00. The largest absolute Gasteiger partial charge is 0.463 e. The van der Waals surface area contributed by atoms with Gasteiger partial charge in [0.15, 0.2) is 0 Å². The van der Waals surface area contributed by atoms with Crippen molar-refractivity contribution in [3.05, 3.63) is 24.3 Å². The molecule has 0 aromatic heterocycles. The van der Waals surface area contributed by atoms with Crippen molar-refractivity contribution in [3.8, 4) is 0 Å². The average Bonchev–Trinajstić information content (AvgIpc) is 2.05. The second-order valence-corrected chi connectivity index (χ2v) is 2.90. The lowest BCUT2D eigenvalue weighted by Crippen LogP contribution is -2.03. The molecule has 0 aliphatic carbocycles. The van der Waals surface area contributed by atoms with Gasteiger partial charge in [0.05, 0.1) is 6.61 Å². The zero-order valence-electron chi connectivity index (χ0n) is 8.72. The summed E-state index contributed by atoms with van der Waals surface area (Å²) in [6.07, 6.45) is 0. The Morgan fingerprint density at radius 1 is 1.21 bits per heavy atom. The van der Waals surface area contributed by atoms with Gasteiger partial charge in [0.25, 0.3) is 0 Å². The molecular weight excluding hydrogens is 204 g/mol. The molecule has 80 valence electrons. The monoisotopic (exact) mass is 218 g/mol. The highest BCUT2D eigenvalue weighted by Gasteiger charge is 1.98. The zero-order valence-corrected chi connectivity index (χ0v) is 9.48. The van der Waals surface area contributed by atoms with Crippen molar-refractivity contribution in [2.24, 2.45) is 0 Å². The summed E-state index contributed by atoms with van der Waals surface area (Å²) in [7, 11) is 0. The first-order valence-corrected chi connectivity index (χ1v) is 4.38. The summed E-state index contributed by atoms with van der Waals surface area (Å²) < 4.78 is 4.56. The van der Waals surface area contributed by atoms with Gasteiger partial charge in [0.2, 0.25) is 5.24 Å². The molecule has 0 fully saturated rings. The summed E-state index contributed by atoms with van der Waals surface area (Å²) in [5.74, 6) is -0.312. The highest BCUT2D eigenvalue weighted by atomic mass is 35.5. The fraction of sp³-hybridized carbons (Fsp3) is 0.400. The van der Waals surface area contributed by atoms with Gasteiger partial charge in [-0.3, -0.25) is 4.79 Å². The van der Waals surface area contributed by atoms with E-state index in [1.165, 1.54) is 0 Å². The Hall–Kier alpha value is -1.09. The molecule has 14 heavy (non-hydrogen) atoms. The van der Waals surface area contributed by atoms with Crippen LogP contribution in [-0.4, -0.2) is 17.8 Å². The molecule has 4 heteroatoms. The zero-order chi connectivity index (χ0) is 11.7. The van der Waals surface area contributed by atoms with Gasteiger partial charge in [-0.1, -0.05) is 13.2 Å². The molecule has 0 amide bonds. The van der Waals surface area contributed by atoms with Crippen LogP contribution in [0.5, 0.6) is 0 Å². The van der Waals surface area contributed by atoms with Crippen LogP contribution in [0.4, 0.5) is 0 Å². The summed E-state index contributed by atoms with van der Waals surface area (Å²) in [5, 5.41) is -0.463. The van der Waals surface area contributed by atoms with Gasteiger partial charge in [-0.2, -0.15) is 0 Å². The molecule has 0 unspecified atom stereocenters. The van der Waals surface area contributed by atoms with E-state index in [-0.39, 0.29) is 5.97 Å². The molecule has 0 aromatic rings. The average molecular weight is 219 g/mol. The first-order chi connectivity index (χ1) is 6.32. The smallest absolute Gasteiger partial charge is 0.333 e. The number of allylic oxidation sites excluding steroid dienone is 1. The summed E-state index contributed by atoms with van der Waals surface area (Å²) in [4.78, 5) is 20.2. The number of hydrogen-bond donors (Lipinski definition) is 0. The van der Waals surface area contributed by atoms with Crippen molar-refractivity contribution in [1.29, 1.82) is 0 Å². The molecule has 0 aliphatic rings. The minimum atomic E-state index is -0.463. The fourth-order valence-corrected chi connectivity index (χ4v) is 0.254. The van der Waals surface area contributed by atoms with E-state index in [0.29, 0.717) is 17.8 Å². The van der Waals surface area contributed by atoms with E-state index in [9.17, 15) is 9.59 Å². The molecule has 0 rings (SSSR count). The maximum atomic E-state index is 10.4. The van der Waals surface area contributed by atoms with Crippen molar-refractivity contribution >= 4 is 22.8 Å². The lowest BCUT2D eigenvalue weighted by molar-refractivity contribution is -0.138. The van der Waals surface area contributed by atoms with E-state index >= 15 is 0 Å². The molecule has 0 saturated carbocycles. The van der Waals surface area contributed by atoms with Crippen molar-refractivity contribution in [2.75, 3.05) is 6.61 Å². The number of esters is 1. The first kappa shape index (κ1) is 15.4. The minimum absolute atomic E-state index is 0.312. The predicted molar refractivity (Wildman–Crippen MR) is 57.1 cm³/mol. The summed E-state index contributed by atoms with van der Waals surface area (Å²) in [5.41, 5.74) is 0.837. The SMILES string of the molecule is C=C(C)C(=O)Cl.C=C(C)C(=O)OCC. The van der Waals surface area contributed by atoms with E-state index < -0.39 is 5.24 Å². The fourth-order valence-electron chi connectivity index (χ4n) is 0.254. The van der Waals surface area contributed by atoms with Gasteiger partial charge in [-0.15, -0.1) is 0 Å². The number of rotatable bonds is 3. The highest BCUT2D eigenvalue weighted by molar-refractivity contribution is 6.67. The number of carbonyl (C=O) groups excluding carboxylic acids is 2. The van der Waals surface area contributed by atoms with Crippen LogP contribution >= 0.6 is 11.6 Å². The van der Waals surface area contributed by atoms with Gasteiger partial charge < -0.3 is 4.74 Å². The number of carbonyl (C=O) groups is 2. The van der Waals surface area contributed by atoms with Gasteiger partial charge in [0, 0.05) is 11.1 Å². The van der Waals surface area contributed by atoms with Gasteiger partial charge in [0.1, 0.15) is 0 Å². The van der Waals surface area contributed by atoms with Gasteiger partial charge >= 0.3 is 5.97 Å². The first-order valence-electron chi connectivity index (χ1n) is 4.00. The molecule has 0 saturated heterocycles. The van der Waals surface area contributed by atoms with Crippen LogP contribution in [0, 0.1) is 0 Å². The molecule has 0 radical (unpaired) electrons. The Morgan fingerprint density at radius 3 is 1.64 bits per heavy atom. The number of ether oxygens (including phenoxy) is 1. The molecule has 0 heterocycles. The Kier molecular flexibility index (Phi) is 9.35. The van der Waals surface area contributed by atoms with Crippen LogP contribution in [0.3, 0.4) is 0 Å². The van der Waals surface area contributed by atoms with E-state index in [4.69, 9.17) is 11.6 Å². The molecule has 0 aliphatic heterocycles. The second-order valence-electron chi connectivity index (χ2n) is 2.55. The lowest BCUT2D eigenvalue weighted by Gasteiger charge is -1.96. The Balaban J connectivity index is 0. The Labute approximate surface area is 89.4 Å². The van der Waals surface area contributed by atoms with E-state index in [2.05, 4.69) is 17.9 Å². The van der Waals surface area contributed by atoms with Crippen molar-refractivity contribution < 1.29 is 14.3 Å². The molecule has 0 spiro atoms. The Bertz CT molecular complexity index is 232. The van der Waals surface area contributed by atoms with Crippen LogP contribution < -0.4 is 0 Å². The maximum Gasteiger partial charge on any atom is 0.333 e. The van der Waals surface area contributed by atoms with Gasteiger partial charge in [-0.05, 0) is 32.4 Å². The van der Waals surface area contributed by atoms with Crippen molar-refractivity contribution in [2.45, 2.75) is 20.8 Å². The van der Waals surface area contributed by atoms with Crippen LogP contribution in [0.1, 0.15) is 20.8 Å². The molecule has 0 bridgehead atoms. The van der Waals surface area contributed by atoms with E-state index in [0.717, 1.165) is 0 Å².